The van der Waals surface area contributed by atoms with E-state index in [1.807, 2.05) is 0 Å². The Morgan fingerprint density at radius 3 is 2.33 bits per heavy atom. The van der Waals surface area contributed by atoms with Gasteiger partial charge in [0, 0.05) is 6.20 Å². The van der Waals surface area contributed by atoms with Crippen LogP contribution in [0.15, 0.2) is 41.3 Å². The van der Waals surface area contributed by atoms with Gasteiger partial charge in [0.25, 0.3) is 0 Å². The van der Waals surface area contributed by atoms with Gasteiger partial charge in [-0.1, -0.05) is 24.1 Å². The van der Waals surface area contributed by atoms with Crippen LogP contribution in [0.5, 0.6) is 0 Å². The number of aromatic nitrogens is 2. The van der Waals surface area contributed by atoms with Gasteiger partial charge in [0.2, 0.25) is 0 Å². The number of nitrogens with one attached hydrogen (secondary N) is 1. The van der Waals surface area contributed by atoms with Gasteiger partial charge in [-0.3, -0.25) is 4.98 Å². The van der Waals surface area contributed by atoms with Crippen molar-refractivity contribution in [2.75, 3.05) is 0 Å². The van der Waals surface area contributed by atoms with Crippen LogP contribution < -0.4 is 5.69 Å². The van der Waals surface area contributed by atoms with Gasteiger partial charge in [-0.2, -0.15) is 0 Å². The first-order chi connectivity index (χ1) is 7.29. The molecule has 0 aromatic carbocycles. The molecule has 3 heteroatoms. The number of hydrogen-bond acceptors (Lipinski definition) is 2. The molecule has 2 aliphatic rings. The highest BCUT2D eigenvalue weighted by atomic mass is 16.1. The first-order valence-corrected chi connectivity index (χ1v) is 4.42. The minimum absolute atomic E-state index is 0.412. The Kier molecular flexibility index (Phi) is 2.34. The molecule has 1 heterocycles. The minimum Gasteiger partial charge on any atom is -0.299 e. The Morgan fingerprint density at radius 2 is 2.00 bits per heavy atom. The van der Waals surface area contributed by atoms with Crippen molar-refractivity contribution in [2.45, 2.75) is 0 Å². The maximum Gasteiger partial charge on any atom is 0.345 e. The third-order valence-corrected chi connectivity index (χ3v) is 1.94. The fraction of sp³-hybridized carbons (Fsp3) is 0. The van der Waals surface area contributed by atoms with Crippen molar-refractivity contribution >= 4 is 0 Å². The van der Waals surface area contributed by atoms with E-state index in [0.29, 0.717) is 5.69 Å². The molecular weight excluding hydrogens is 188 g/mol. The van der Waals surface area contributed by atoms with E-state index in [1.54, 1.807) is 6.07 Å². The van der Waals surface area contributed by atoms with Gasteiger partial charge in [0.15, 0.2) is 0 Å². The van der Waals surface area contributed by atoms with Crippen molar-refractivity contribution in [1.82, 2.24) is 9.97 Å². The van der Waals surface area contributed by atoms with Gasteiger partial charge in [-0.05, 0) is 23.3 Å². The smallest absolute Gasteiger partial charge is 0.299 e. The summed E-state index contributed by atoms with van der Waals surface area (Å²) in [5.74, 6) is 2.27. The molecule has 0 unspecified atom stereocenters. The van der Waals surface area contributed by atoms with Crippen molar-refractivity contribution in [3.63, 3.8) is 0 Å². The zero-order valence-corrected chi connectivity index (χ0v) is 7.90. The van der Waals surface area contributed by atoms with Gasteiger partial charge < -0.3 is 0 Å². The first-order valence-electron chi connectivity index (χ1n) is 4.42. The van der Waals surface area contributed by atoms with E-state index < -0.39 is 5.69 Å². The number of fused-ring (bicyclic) bond motifs is 1. The fourth-order valence-corrected chi connectivity index (χ4v) is 1.13. The highest BCUT2D eigenvalue weighted by molar-refractivity contribution is 5.80. The summed E-state index contributed by atoms with van der Waals surface area (Å²) in [7, 11) is 0. The molecule has 1 aromatic heterocycles. The Labute approximate surface area is 86.8 Å². The quantitative estimate of drug-likeness (QED) is 0.553. The largest absolute Gasteiger partial charge is 0.345 e. The number of nitrogens with zero attached hydrogens (tertiary/aromatic N) is 1. The van der Waals surface area contributed by atoms with Gasteiger partial charge in [-0.15, -0.1) is 6.42 Å². The SMILES string of the molecule is C#Cc1ccnc(=O)[nH]1.c1cc2cc-2c1. The summed E-state index contributed by atoms with van der Waals surface area (Å²) in [5.41, 5.74) is 2.89. The maximum absolute atomic E-state index is 10.4. The van der Waals surface area contributed by atoms with Crippen molar-refractivity contribution in [1.29, 1.82) is 0 Å². The topological polar surface area (TPSA) is 45.8 Å². The Bertz CT molecular complexity index is 561. The van der Waals surface area contributed by atoms with E-state index in [1.165, 1.54) is 17.3 Å². The molecular formula is C12H8N2O. The summed E-state index contributed by atoms with van der Waals surface area (Å²) in [5, 5.41) is 0. The molecule has 0 amide bonds. The molecule has 1 N–H and O–H groups in total. The second kappa shape index (κ2) is 3.81. The Hall–Kier alpha value is -2.34. The Balaban J connectivity index is 0.000000121. The van der Waals surface area contributed by atoms with Gasteiger partial charge in [0.1, 0.15) is 0 Å². The van der Waals surface area contributed by atoms with Crippen LogP contribution in [0.25, 0.3) is 11.1 Å². The van der Waals surface area contributed by atoms with Gasteiger partial charge in [0.05, 0.1) is 5.69 Å². The average Bonchev–Trinajstić information content (AvgIpc) is 2.87. The van der Waals surface area contributed by atoms with Crippen LogP contribution in [0, 0.1) is 12.3 Å². The lowest BCUT2D eigenvalue weighted by molar-refractivity contribution is 1.06. The third-order valence-electron chi connectivity index (χ3n) is 1.94. The standard InChI is InChI=1S/C6H4N2O.C6H4/c1-2-5-3-4-7-6(9)8-5;1-2-5-4-6(5)3-1/h1,3-4H,(H,7,8,9);1-4H. The predicted molar refractivity (Wildman–Crippen MR) is 58.2 cm³/mol. The zero-order valence-electron chi connectivity index (χ0n) is 7.90. The molecule has 2 aliphatic carbocycles. The van der Waals surface area contributed by atoms with E-state index in [9.17, 15) is 4.79 Å². The monoisotopic (exact) mass is 196 g/mol. The summed E-state index contributed by atoms with van der Waals surface area (Å²) in [6, 6.07) is 10.0. The van der Waals surface area contributed by atoms with Crippen LogP contribution in [0.1, 0.15) is 5.69 Å². The zero-order chi connectivity index (χ0) is 10.7. The van der Waals surface area contributed by atoms with Crippen LogP contribution in [0.3, 0.4) is 0 Å². The summed E-state index contributed by atoms with van der Waals surface area (Å²) in [6.45, 7) is 0. The molecule has 0 radical (unpaired) electrons. The van der Waals surface area contributed by atoms with E-state index in [-0.39, 0.29) is 0 Å². The van der Waals surface area contributed by atoms with Crippen LogP contribution in [0.4, 0.5) is 0 Å². The number of terminal acetylenes is 1. The molecule has 1 aromatic rings. The molecule has 15 heavy (non-hydrogen) atoms. The number of H-pyrrole nitrogens is 1. The molecule has 3 rings (SSSR count). The van der Waals surface area contributed by atoms with Gasteiger partial charge in [-0.25, -0.2) is 9.78 Å². The van der Waals surface area contributed by atoms with Crippen LogP contribution in [0.2, 0.25) is 0 Å². The number of benzene rings is 1. The highest BCUT2D eigenvalue weighted by Gasteiger charge is 2.06. The lowest BCUT2D eigenvalue weighted by atomic mass is 10.4. The predicted octanol–water partition coefficient (Wildman–Crippen LogP) is 1.42. The lowest BCUT2D eigenvalue weighted by Gasteiger charge is -1.83. The summed E-state index contributed by atoms with van der Waals surface area (Å²) in [4.78, 5) is 16.1. The van der Waals surface area contributed by atoms with E-state index in [4.69, 9.17) is 6.42 Å². The number of hydrogen-bond donors (Lipinski definition) is 1. The van der Waals surface area contributed by atoms with E-state index in [0.717, 1.165) is 0 Å². The molecule has 0 aliphatic heterocycles. The first kappa shape index (κ1) is 9.22. The minimum atomic E-state index is -0.412. The van der Waals surface area contributed by atoms with Crippen LogP contribution in [-0.4, -0.2) is 9.97 Å². The number of aromatic amines is 1. The maximum atomic E-state index is 10.4. The molecule has 0 bridgehead atoms. The van der Waals surface area contributed by atoms with Crippen LogP contribution >= 0.6 is 0 Å². The molecule has 0 spiro atoms. The van der Waals surface area contributed by atoms with Crippen molar-refractivity contribution < 1.29 is 0 Å². The van der Waals surface area contributed by atoms with Crippen LogP contribution in [-0.2, 0) is 0 Å². The lowest BCUT2D eigenvalue weighted by Crippen LogP contribution is -2.09. The van der Waals surface area contributed by atoms with Gasteiger partial charge >= 0.3 is 5.69 Å². The second-order valence-electron chi connectivity index (χ2n) is 3.01. The molecule has 0 saturated heterocycles. The number of rotatable bonds is 0. The summed E-state index contributed by atoms with van der Waals surface area (Å²) >= 11 is 0. The third kappa shape index (κ3) is 2.32. The Morgan fingerprint density at radius 1 is 1.27 bits per heavy atom. The normalized spacial score (nSPS) is 9.53. The molecule has 0 atom stereocenters. The van der Waals surface area contributed by atoms with E-state index >= 15 is 0 Å². The van der Waals surface area contributed by atoms with Crippen molar-refractivity contribution in [3.8, 4) is 23.5 Å². The highest BCUT2D eigenvalue weighted by Crippen LogP contribution is 2.32. The summed E-state index contributed by atoms with van der Waals surface area (Å²) in [6.07, 6.45) is 6.34. The van der Waals surface area contributed by atoms with Crippen molar-refractivity contribution in [3.05, 3.63) is 52.7 Å². The molecule has 0 saturated carbocycles. The van der Waals surface area contributed by atoms with E-state index in [2.05, 4.69) is 40.2 Å². The molecule has 0 fully saturated rings. The average molecular weight is 196 g/mol. The molecule has 72 valence electrons. The summed E-state index contributed by atoms with van der Waals surface area (Å²) < 4.78 is 0. The fourth-order valence-electron chi connectivity index (χ4n) is 1.13. The molecule has 3 nitrogen and oxygen atoms in total. The second-order valence-corrected chi connectivity index (χ2v) is 3.01. The van der Waals surface area contributed by atoms with Crippen molar-refractivity contribution in [2.24, 2.45) is 0 Å².